The molecule has 1 saturated carbocycles. The molecule has 0 bridgehead atoms. The van der Waals surface area contributed by atoms with Gasteiger partial charge < -0.3 is 0 Å². The van der Waals surface area contributed by atoms with E-state index in [0.717, 1.165) is 23.7 Å². The summed E-state index contributed by atoms with van der Waals surface area (Å²) in [4.78, 5) is 0. The molecule has 0 radical (unpaired) electrons. The third-order valence-electron chi connectivity index (χ3n) is 5.87. The van der Waals surface area contributed by atoms with Crippen LogP contribution in [0.1, 0.15) is 90.9 Å². The Labute approximate surface area is 127 Å². The fourth-order valence-electron chi connectivity index (χ4n) is 4.50. The van der Waals surface area contributed by atoms with Gasteiger partial charge in [0.15, 0.2) is 0 Å². The van der Waals surface area contributed by atoms with E-state index in [0.29, 0.717) is 0 Å². The molecule has 0 aromatic heterocycles. The van der Waals surface area contributed by atoms with Gasteiger partial charge in [0.05, 0.1) is 0 Å². The second kappa shape index (κ2) is 8.90. The summed E-state index contributed by atoms with van der Waals surface area (Å²) in [5.74, 6) is 3.93. The van der Waals surface area contributed by atoms with Crippen molar-refractivity contribution in [3.8, 4) is 0 Å². The molecule has 0 amide bonds. The minimum Gasteiger partial charge on any atom is -0.0851 e. The zero-order valence-electron chi connectivity index (χ0n) is 13.9. The Morgan fingerprint density at radius 2 is 1.55 bits per heavy atom. The van der Waals surface area contributed by atoms with E-state index in [2.05, 4.69) is 26.0 Å². The van der Waals surface area contributed by atoms with Crippen molar-refractivity contribution >= 4 is 0 Å². The van der Waals surface area contributed by atoms with Gasteiger partial charge >= 0.3 is 0 Å². The minimum absolute atomic E-state index is 0.911. The summed E-state index contributed by atoms with van der Waals surface area (Å²) in [5.41, 5.74) is 0. The van der Waals surface area contributed by atoms with Crippen LogP contribution in [0.15, 0.2) is 12.2 Å². The third-order valence-corrected chi connectivity index (χ3v) is 5.87. The second-order valence-corrected chi connectivity index (χ2v) is 7.45. The molecule has 0 saturated heterocycles. The van der Waals surface area contributed by atoms with Gasteiger partial charge in [-0.3, -0.25) is 0 Å². The number of rotatable bonds is 7. The van der Waals surface area contributed by atoms with Crippen LogP contribution in [-0.2, 0) is 0 Å². The van der Waals surface area contributed by atoms with E-state index in [-0.39, 0.29) is 0 Å². The quantitative estimate of drug-likeness (QED) is 0.356. The van der Waals surface area contributed by atoms with E-state index in [1.165, 1.54) is 77.0 Å². The highest BCUT2D eigenvalue weighted by Crippen LogP contribution is 2.40. The highest BCUT2D eigenvalue weighted by molar-refractivity contribution is 5.00. The maximum Gasteiger partial charge on any atom is -0.0205 e. The Morgan fingerprint density at radius 3 is 2.15 bits per heavy atom. The van der Waals surface area contributed by atoms with Crippen LogP contribution in [0.5, 0.6) is 0 Å². The SMILES string of the molecule is CCCCCC1C=CC([C@H]2CC[C@H](CCC)CC2)CC1. The van der Waals surface area contributed by atoms with Gasteiger partial charge in [0, 0.05) is 0 Å². The standard InChI is InChI=1S/C20H36/c1-3-5-6-8-18-11-15-20(16-12-18)19-13-9-17(7-4-2)10-14-19/h11,15,17-20H,3-10,12-14,16H2,1-2H3/t17-,18?,19-,20?. The second-order valence-electron chi connectivity index (χ2n) is 7.45. The van der Waals surface area contributed by atoms with Crippen LogP contribution in [0.4, 0.5) is 0 Å². The lowest BCUT2D eigenvalue weighted by Crippen LogP contribution is -2.23. The average molecular weight is 277 g/mol. The van der Waals surface area contributed by atoms with Crippen molar-refractivity contribution in [1.82, 2.24) is 0 Å². The van der Waals surface area contributed by atoms with Gasteiger partial charge in [0.25, 0.3) is 0 Å². The van der Waals surface area contributed by atoms with Crippen molar-refractivity contribution in [2.45, 2.75) is 90.9 Å². The molecule has 2 rings (SSSR count). The van der Waals surface area contributed by atoms with Crippen LogP contribution in [0.2, 0.25) is 0 Å². The summed E-state index contributed by atoms with van der Waals surface area (Å²) < 4.78 is 0. The van der Waals surface area contributed by atoms with Gasteiger partial charge in [-0.1, -0.05) is 70.9 Å². The fraction of sp³-hybridized carbons (Fsp3) is 0.900. The van der Waals surface area contributed by atoms with E-state index in [4.69, 9.17) is 0 Å². The summed E-state index contributed by atoms with van der Waals surface area (Å²) in [7, 11) is 0. The molecule has 0 heteroatoms. The van der Waals surface area contributed by atoms with Gasteiger partial charge in [-0.25, -0.2) is 0 Å². The number of hydrogen-bond donors (Lipinski definition) is 0. The zero-order valence-corrected chi connectivity index (χ0v) is 13.9. The van der Waals surface area contributed by atoms with Crippen LogP contribution in [0.3, 0.4) is 0 Å². The monoisotopic (exact) mass is 276 g/mol. The molecule has 0 nitrogen and oxygen atoms in total. The molecule has 2 aliphatic rings. The molecule has 0 heterocycles. The molecule has 0 spiro atoms. The van der Waals surface area contributed by atoms with Crippen LogP contribution in [0.25, 0.3) is 0 Å². The van der Waals surface area contributed by atoms with E-state index < -0.39 is 0 Å². The molecule has 116 valence electrons. The maximum absolute atomic E-state index is 2.62. The first-order valence-electron chi connectivity index (χ1n) is 9.51. The van der Waals surface area contributed by atoms with Crippen molar-refractivity contribution in [3.05, 3.63) is 12.2 Å². The first-order valence-corrected chi connectivity index (χ1v) is 9.51. The Balaban J connectivity index is 1.69. The largest absolute Gasteiger partial charge is 0.0851 e. The highest BCUT2D eigenvalue weighted by Gasteiger charge is 2.27. The van der Waals surface area contributed by atoms with Gasteiger partial charge in [0.1, 0.15) is 0 Å². The average Bonchev–Trinajstić information content (AvgIpc) is 2.49. The van der Waals surface area contributed by atoms with Crippen molar-refractivity contribution in [2.24, 2.45) is 23.7 Å². The lowest BCUT2D eigenvalue weighted by Gasteiger charge is -2.35. The van der Waals surface area contributed by atoms with Gasteiger partial charge in [-0.05, 0) is 55.8 Å². The zero-order chi connectivity index (χ0) is 14.2. The third kappa shape index (κ3) is 4.93. The van der Waals surface area contributed by atoms with Crippen molar-refractivity contribution in [2.75, 3.05) is 0 Å². The Morgan fingerprint density at radius 1 is 0.750 bits per heavy atom. The number of hydrogen-bond acceptors (Lipinski definition) is 0. The Kier molecular flexibility index (Phi) is 7.17. The maximum atomic E-state index is 2.62. The first-order chi connectivity index (χ1) is 9.83. The molecule has 2 atom stereocenters. The predicted molar refractivity (Wildman–Crippen MR) is 89.9 cm³/mol. The molecule has 2 unspecified atom stereocenters. The normalized spacial score (nSPS) is 34.3. The summed E-state index contributed by atoms with van der Waals surface area (Å²) in [6.45, 7) is 4.65. The van der Waals surface area contributed by atoms with E-state index in [1.54, 1.807) is 0 Å². The van der Waals surface area contributed by atoms with E-state index in [9.17, 15) is 0 Å². The number of allylic oxidation sites excluding steroid dienone is 2. The Hall–Kier alpha value is -0.260. The predicted octanol–water partition coefficient (Wildman–Crippen LogP) is 6.76. The molecule has 0 aliphatic heterocycles. The number of unbranched alkanes of at least 4 members (excludes halogenated alkanes) is 2. The van der Waals surface area contributed by atoms with Gasteiger partial charge in [0.2, 0.25) is 0 Å². The fourth-order valence-corrected chi connectivity index (χ4v) is 4.50. The first kappa shape index (κ1) is 16.1. The summed E-state index contributed by atoms with van der Waals surface area (Å²) in [5, 5.41) is 0. The molecule has 20 heavy (non-hydrogen) atoms. The van der Waals surface area contributed by atoms with E-state index >= 15 is 0 Å². The van der Waals surface area contributed by atoms with Gasteiger partial charge in [-0.2, -0.15) is 0 Å². The molecule has 0 aromatic rings. The van der Waals surface area contributed by atoms with Crippen LogP contribution in [0, 0.1) is 23.7 Å². The molecular weight excluding hydrogens is 240 g/mol. The van der Waals surface area contributed by atoms with E-state index in [1.807, 2.05) is 0 Å². The van der Waals surface area contributed by atoms with Crippen molar-refractivity contribution < 1.29 is 0 Å². The van der Waals surface area contributed by atoms with Gasteiger partial charge in [-0.15, -0.1) is 0 Å². The molecular formula is C20H36. The summed E-state index contributed by atoms with van der Waals surface area (Å²) >= 11 is 0. The highest BCUT2D eigenvalue weighted by atomic mass is 14.3. The molecule has 2 aliphatic carbocycles. The summed E-state index contributed by atoms with van der Waals surface area (Å²) in [6.07, 6.45) is 22.8. The van der Waals surface area contributed by atoms with Crippen LogP contribution < -0.4 is 0 Å². The molecule has 0 aromatic carbocycles. The van der Waals surface area contributed by atoms with Crippen LogP contribution in [-0.4, -0.2) is 0 Å². The smallest absolute Gasteiger partial charge is 0.0205 e. The lowest BCUT2D eigenvalue weighted by molar-refractivity contribution is 0.204. The van der Waals surface area contributed by atoms with Crippen LogP contribution >= 0.6 is 0 Å². The summed E-state index contributed by atoms with van der Waals surface area (Å²) in [6, 6.07) is 0. The Bertz CT molecular complexity index is 270. The topological polar surface area (TPSA) is 0 Å². The van der Waals surface area contributed by atoms with Crippen molar-refractivity contribution in [1.29, 1.82) is 0 Å². The van der Waals surface area contributed by atoms with Crippen molar-refractivity contribution in [3.63, 3.8) is 0 Å². The molecule has 0 N–H and O–H groups in total. The minimum atomic E-state index is 0.911. The lowest BCUT2D eigenvalue weighted by atomic mass is 9.71. The molecule has 1 fully saturated rings.